The van der Waals surface area contributed by atoms with Crippen molar-refractivity contribution in [3.8, 4) is 11.6 Å². The molecule has 0 saturated heterocycles. The van der Waals surface area contributed by atoms with Crippen molar-refractivity contribution in [1.29, 1.82) is 0 Å². The van der Waals surface area contributed by atoms with Gasteiger partial charge in [-0.05, 0) is 49.2 Å². The van der Waals surface area contributed by atoms with Crippen LogP contribution in [0.15, 0.2) is 36.8 Å². The van der Waals surface area contributed by atoms with Crippen LogP contribution in [0.5, 0.6) is 11.6 Å². The van der Waals surface area contributed by atoms with Gasteiger partial charge in [0.1, 0.15) is 17.6 Å². The number of benzene rings is 1. The molecule has 3 rings (SSSR count). The zero-order valence-electron chi connectivity index (χ0n) is 12.8. The first kappa shape index (κ1) is 14.8. The first-order valence-electron chi connectivity index (χ1n) is 6.98. The fourth-order valence-corrected chi connectivity index (χ4v) is 1.97. The molecule has 2 heterocycles. The number of nitrogens with zero attached hydrogens (tertiary/aromatic N) is 3. The van der Waals surface area contributed by atoms with Crippen LogP contribution in [-0.2, 0) is 0 Å². The van der Waals surface area contributed by atoms with Crippen molar-refractivity contribution in [2.75, 3.05) is 5.73 Å². The second-order valence-electron chi connectivity index (χ2n) is 4.47. The van der Waals surface area contributed by atoms with Crippen LogP contribution in [0, 0.1) is 13.8 Å². The van der Waals surface area contributed by atoms with Crippen molar-refractivity contribution in [1.82, 2.24) is 14.6 Å². The number of fused-ring (bicyclic) bond motifs is 1. The topological polar surface area (TPSA) is 65.4 Å². The highest BCUT2D eigenvalue weighted by molar-refractivity contribution is 5.65. The third kappa shape index (κ3) is 2.97. The van der Waals surface area contributed by atoms with Crippen LogP contribution >= 0.6 is 0 Å². The minimum absolute atomic E-state index is 0.547. The minimum Gasteiger partial charge on any atom is -0.437 e. The lowest BCUT2D eigenvalue weighted by Crippen LogP contribution is -1.96. The van der Waals surface area contributed by atoms with E-state index in [1.165, 1.54) is 6.33 Å². The quantitative estimate of drug-likeness (QED) is 0.728. The minimum atomic E-state index is 0.547. The Kier molecular flexibility index (Phi) is 4.42. The molecule has 0 amide bonds. The molecule has 0 aliphatic heterocycles. The van der Waals surface area contributed by atoms with Crippen molar-refractivity contribution >= 4 is 11.2 Å². The monoisotopic (exact) mass is 284 g/mol. The van der Waals surface area contributed by atoms with E-state index in [1.54, 1.807) is 16.6 Å². The Labute approximate surface area is 124 Å². The van der Waals surface area contributed by atoms with Crippen molar-refractivity contribution in [2.24, 2.45) is 0 Å². The van der Waals surface area contributed by atoms with E-state index < -0.39 is 0 Å². The Bertz CT molecular complexity index is 732. The number of rotatable bonds is 2. The summed E-state index contributed by atoms with van der Waals surface area (Å²) in [6, 6.07) is 7.23. The van der Waals surface area contributed by atoms with Gasteiger partial charge in [0, 0.05) is 11.9 Å². The van der Waals surface area contributed by atoms with Crippen LogP contribution in [0.2, 0.25) is 0 Å². The van der Waals surface area contributed by atoms with Crippen LogP contribution < -0.4 is 10.5 Å². The molecule has 5 heteroatoms. The highest BCUT2D eigenvalue weighted by atomic mass is 16.5. The van der Waals surface area contributed by atoms with Crippen molar-refractivity contribution in [3.63, 3.8) is 0 Å². The first-order chi connectivity index (χ1) is 10.1. The summed E-state index contributed by atoms with van der Waals surface area (Å²) in [6.07, 6.45) is 3.45. The van der Waals surface area contributed by atoms with Crippen LogP contribution in [0.3, 0.4) is 0 Å². The molecule has 0 aliphatic rings. The third-order valence-electron chi connectivity index (χ3n) is 3.14. The number of aryl methyl sites for hydroxylation is 2. The molecule has 0 atom stereocenters. The maximum Gasteiger partial charge on any atom is 0.247 e. The Balaban J connectivity index is 0.000000774. The molecular formula is C16H20N4O. The zero-order chi connectivity index (χ0) is 15.4. The molecule has 2 N–H and O–H groups in total. The number of hydrogen-bond acceptors (Lipinski definition) is 4. The zero-order valence-corrected chi connectivity index (χ0v) is 12.8. The lowest BCUT2D eigenvalue weighted by molar-refractivity contribution is 0.463. The van der Waals surface area contributed by atoms with Crippen LogP contribution in [0.1, 0.15) is 25.0 Å². The number of hydrogen-bond donors (Lipinski definition) is 1. The SMILES string of the molecule is CC.Cc1cn2ncnc(Oc3ccc(N)cc3)c2c1C. The maximum absolute atomic E-state index is 5.81. The summed E-state index contributed by atoms with van der Waals surface area (Å²) < 4.78 is 7.60. The molecule has 21 heavy (non-hydrogen) atoms. The highest BCUT2D eigenvalue weighted by Gasteiger charge is 2.11. The molecule has 2 aromatic heterocycles. The smallest absolute Gasteiger partial charge is 0.247 e. The lowest BCUT2D eigenvalue weighted by Gasteiger charge is -2.06. The average molecular weight is 284 g/mol. The second-order valence-corrected chi connectivity index (χ2v) is 4.47. The predicted molar refractivity (Wildman–Crippen MR) is 84.7 cm³/mol. The molecule has 0 unspecified atom stereocenters. The molecule has 0 aliphatic carbocycles. The number of nitrogen functional groups attached to an aromatic ring is 1. The Morgan fingerprint density at radius 3 is 2.43 bits per heavy atom. The fourth-order valence-electron chi connectivity index (χ4n) is 1.97. The standard InChI is InChI=1S/C14H14N4O.C2H6/c1-9-7-18-13(10(9)2)14(16-8-17-18)19-12-5-3-11(15)4-6-12;1-2/h3-8H,15H2,1-2H3;1-2H3. The van der Waals surface area contributed by atoms with E-state index in [0.717, 1.165) is 16.6 Å². The number of nitrogens with two attached hydrogens (primary N) is 1. The number of anilines is 1. The van der Waals surface area contributed by atoms with Gasteiger partial charge in [0.15, 0.2) is 0 Å². The van der Waals surface area contributed by atoms with E-state index in [2.05, 4.69) is 10.1 Å². The normalized spacial score (nSPS) is 10.1. The van der Waals surface area contributed by atoms with E-state index >= 15 is 0 Å². The lowest BCUT2D eigenvalue weighted by atomic mass is 10.2. The van der Waals surface area contributed by atoms with E-state index in [-0.39, 0.29) is 0 Å². The summed E-state index contributed by atoms with van der Waals surface area (Å²) in [6.45, 7) is 8.07. The first-order valence-corrected chi connectivity index (χ1v) is 6.98. The molecule has 0 fully saturated rings. The molecule has 0 saturated carbocycles. The fraction of sp³-hybridized carbons (Fsp3) is 0.250. The maximum atomic E-state index is 5.81. The second kappa shape index (κ2) is 6.26. The summed E-state index contributed by atoms with van der Waals surface area (Å²) in [4.78, 5) is 4.21. The highest BCUT2D eigenvalue weighted by Crippen LogP contribution is 2.28. The van der Waals surface area contributed by atoms with E-state index in [4.69, 9.17) is 10.5 Å². The molecule has 0 bridgehead atoms. The van der Waals surface area contributed by atoms with Gasteiger partial charge in [-0.25, -0.2) is 4.52 Å². The third-order valence-corrected chi connectivity index (χ3v) is 3.14. The Morgan fingerprint density at radius 1 is 1.10 bits per heavy atom. The van der Waals surface area contributed by atoms with Crippen LogP contribution in [0.25, 0.3) is 5.52 Å². The van der Waals surface area contributed by atoms with Gasteiger partial charge < -0.3 is 10.5 Å². The molecule has 3 aromatic rings. The molecular weight excluding hydrogens is 264 g/mol. The molecule has 0 spiro atoms. The summed E-state index contributed by atoms with van der Waals surface area (Å²) in [5.41, 5.74) is 9.51. The Morgan fingerprint density at radius 2 is 1.76 bits per heavy atom. The number of aromatic nitrogens is 3. The summed E-state index contributed by atoms with van der Waals surface area (Å²) >= 11 is 0. The van der Waals surface area contributed by atoms with E-state index in [1.807, 2.05) is 46.0 Å². The van der Waals surface area contributed by atoms with Gasteiger partial charge in [-0.1, -0.05) is 13.8 Å². The summed E-state index contributed by atoms with van der Waals surface area (Å²) in [7, 11) is 0. The average Bonchev–Trinajstić information content (AvgIpc) is 2.80. The van der Waals surface area contributed by atoms with Crippen molar-refractivity contribution < 1.29 is 4.74 Å². The van der Waals surface area contributed by atoms with Crippen molar-refractivity contribution in [2.45, 2.75) is 27.7 Å². The van der Waals surface area contributed by atoms with Gasteiger partial charge in [-0.3, -0.25) is 0 Å². The van der Waals surface area contributed by atoms with Gasteiger partial charge in [0.25, 0.3) is 0 Å². The molecule has 0 radical (unpaired) electrons. The van der Waals surface area contributed by atoms with Gasteiger partial charge in [-0.2, -0.15) is 10.1 Å². The molecule has 1 aromatic carbocycles. The summed E-state index contributed by atoms with van der Waals surface area (Å²) in [5, 5.41) is 4.18. The largest absolute Gasteiger partial charge is 0.437 e. The Hall–Kier alpha value is -2.56. The van der Waals surface area contributed by atoms with Gasteiger partial charge in [0.05, 0.1) is 0 Å². The van der Waals surface area contributed by atoms with Gasteiger partial charge in [0.2, 0.25) is 5.88 Å². The number of ether oxygens (including phenoxy) is 1. The summed E-state index contributed by atoms with van der Waals surface area (Å²) in [5.74, 6) is 1.25. The van der Waals surface area contributed by atoms with E-state index in [9.17, 15) is 0 Å². The molecule has 110 valence electrons. The van der Waals surface area contributed by atoms with Crippen LogP contribution in [-0.4, -0.2) is 14.6 Å². The van der Waals surface area contributed by atoms with Gasteiger partial charge in [-0.15, -0.1) is 0 Å². The van der Waals surface area contributed by atoms with Gasteiger partial charge >= 0.3 is 0 Å². The van der Waals surface area contributed by atoms with E-state index in [0.29, 0.717) is 17.3 Å². The van der Waals surface area contributed by atoms with Crippen LogP contribution in [0.4, 0.5) is 5.69 Å². The van der Waals surface area contributed by atoms with Crippen molar-refractivity contribution in [3.05, 3.63) is 47.9 Å². The predicted octanol–water partition coefficient (Wildman–Crippen LogP) is 3.75. The molecule has 5 nitrogen and oxygen atoms in total.